The molecule has 0 amide bonds. The first-order valence-corrected chi connectivity index (χ1v) is 8.72. The third-order valence-corrected chi connectivity index (χ3v) is 5.79. The van der Waals surface area contributed by atoms with Crippen molar-refractivity contribution in [3.8, 4) is 11.5 Å². The normalized spacial score (nSPS) is 26.6. The summed E-state index contributed by atoms with van der Waals surface area (Å²) in [6.07, 6.45) is 5.77. The molecule has 2 heterocycles. The maximum Gasteiger partial charge on any atom is 0.231 e. The highest BCUT2D eigenvalue weighted by Crippen LogP contribution is 2.52. The predicted molar refractivity (Wildman–Crippen MR) is 93.1 cm³/mol. The van der Waals surface area contributed by atoms with Crippen molar-refractivity contribution in [2.24, 2.45) is 5.92 Å². The van der Waals surface area contributed by atoms with Gasteiger partial charge in [-0.15, -0.1) is 0 Å². The number of benzene rings is 2. The van der Waals surface area contributed by atoms with Crippen LogP contribution in [0.1, 0.15) is 29.5 Å². The maximum absolute atomic E-state index is 5.58. The Morgan fingerprint density at radius 2 is 1.87 bits per heavy atom. The largest absolute Gasteiger partial charge is 0.454 e. The van der Waals surface area contributed by atoms with E-state index in [1.807, 2.05) is 6.07 Å². The van der Waals surface area contributed by atoms with E-state index < -0.39 is 0 Å². The quantitative estimate of drug-likeness (QED) is 0.717. The number of fused-ring (bicyclic) bond motifs is 4. The van der Waals surface area contributed by atoms with Crippen LogP contribution in [0.5, 0.6) is 11.5 Å². The van der Waals surface area contributed by atoms with Crippen molar-refractivity contribution in [3.05, 3.63) is 64.1 Å². The number of rotatable bonds is 1. The number of allylic oxidation sites excluding steroid dienone is 2. The van der Waals surface area contributed by atoms with Gasteiger partial charge in [0.15, 0.2) is 11.5 Å². The van der Waals surface area contributed by atoms with E-state index in [1.54, 1.807) is 0 Å². The first kappa shape index (κ1) is 13.5. The molecule has 2 aromatic rings. The Morgan fingerprint density at radius 1 is 1.04 bits per heavy atom. The van der Waals surface area contributed by atoms with E-state index in [1.165, 1.54) is 16.8 Å². The molecule has 5 rings (SSSR count). The molecule has 0 radical (unpaired) electrons. The van der Waals surface area contributed by atoms with E-state index in [-0.39, 0.29) is 6.04 Å². The summed E-state index contributed by atoms with van der Waals surface area (Å²) in [5.41, 5.74) is 3.87. The molecular formula is C19H16BrNO2. The summed E-state index contributed by atoms with van der Waals surface area (Å²) in [7, 11) is 0. The zero-order valence-corrected chi connectivity index (χ0v) is 14.0. The number of anilines is 1. The Morgan fingerprint density at radius 3 is 2.78 bits per heavy atom. The maximum atomic E-state index is 5.58. The molecular weight excluding hydrogens is 354 g/mol. The second kappa shape index (κ2) is 5.03. The Balaban J connectivity index is 1.62. The fourth-order valence-corrected chi connectivity index (χ4v) is 4.59. The Kier molecular flexibility index (Phi) is 2.95. The Bertz CT molecular complexity index is 817. The zero-order valence-electron chi connectivity index (χ0n) is 12.5. The van der Waals surface area contributed by atoms with E-state index in [0.717, 1.165) is 22.4 Å². The van der Waals surface area contributed by atoms with Crippen LogP contribution in [0, 0.1) is 5.92 Å². The summed E-state index contributed by atoms with van der Waals surface area (Å²) < 4.78 is 12.1. The van der Waals surface area contributed by atoms with Crippen molar-refractivity contribution >= 4 is 21.6 Å². The van der Waals surface area contributed by atoms with Gasteiger partial charge >= 0.3 is 0 Å². The molecule has 0 saturated heterocycles. The van der Waals surface area contributed by atoms with Gasteiger partial charge in [0.25, 0.3) is 0 Å². The second-order valence-electron chi connectivity index (χ2n) is 6.29. The van der Waals surface area contributed by atoms with Crippen LogP contribution in [0.25, 0.3) is 0 Å². The van der Waals surface area contributed by atoms with Crippen LogP contribution in [-0.2, 0) is 0 Å². The molecule has 3 nitrogen and oxygen atoms in total. The lowest BCUT2D eigenvalue weighted by Crippen LogP contribution is -2.29. The Labute approximate surface area is 143 Å². The van der Waals surface area contributed by atoms with Crippen molar-refractivity contribution < 1.29 is 9.47 Å². The highest BCUT2D eigenvalue weighted by molar-refractivity contribution is 9.10. The third kappa shape index (κ3) is 2.01. The molecule has 1 N–H and O–H groups in total. The smallest absolute Gasteiger partial charge is 0.231 e. The minimum atomic E-state index is 0.258. The van der Waals surface area contributed by atoms with Crippen molar-refractivity contribution in [2.45, 2.75) is 18.4 Å². The molecule has 0 bridgehead atoms. The molecule has 0 unspecified atom stereocenters. The van der Waals surface area contributed by atoms with Crippen LogP contribution in [0.4, 0.5) is 5.69 Å². The van der Waals surface area contributed by atoms with E-state index in [9.17, 15) is 0 Å². The van der Waals surface area contributed by atoms with Crippen LogP contribution in [-0.4, -0.2) is 6.79 Å². The molecule has 4 heteroatoms. The number of hydrogen-bond donors (Lipinski definition) is 1. The van der Waals surface area contributed by atoms with Gasteiger partial charge in [-0.3, -0.25) is 0 Å². The van der Waals surface area contributed by atoms with Gasteiger partial charge < -0.3 is 14.8 Å². The minimum Gasteiger partial charge on any atom is -0.454 e. The van der Waals surface area contributed by atoms with E-state index in [2.05, 4.69) is 63.7 Å². The molecule has 0 fully saturated rings. The fourth-order valence-electron chi connectivity index (χ4n) is 4.02. The lowest BCUT2D eigenvalue weighted by molar-refractivity contribution is 0.174. The topological polar surface area (TPSA) is 30.5 Å². The number of halogens is 1. The predicted octanol–water partition coefficient (Wildman–Crippen LogP) is 5.00. The first-order valence-electron chi connectivity index (χ1n) is 7.92. The lowest BCUT2D eigenvalue weighted by atomic mass is 9.77. The standard InChI is InChI=1S/C19H16BrNO2/c20-15-9-18-17(22-10-23-18)8-14(15)19-13-6-3-5-11(13)12-4-1-2-7-16(12)21-19/h1-5,7-9,11,13,19,21H,6,10H2/t11-,13-,19-/m0/s1. The molecule has 2 aliphatic heterocycles. The Hall–Kier alpha value is -1.94. The molecule has 3 atom stereocenters. The van der Waals surface area contributed by atoms with Crippen LogP contribution < -0.4 is 14.8 Å². The van der Waals surface area contributed by atoms with E-state index >= 15 is 0 Å². The van der Waals surface area contributed by atoms with E-state index in [0.29, 0.717) is 18.6 Å². The molecule has 23 heavy (non-hydrogen) atoms. The lowest BCUT2D eigenvalue weighted by Gasteiger charge is -2.38. The zero-order chi connectivity index (χ0) is 15.4. The molecule has 1 aliphatic carbocycles. The number of hydrogen-bond acceptors (Lipinski definition) is 3. The van der Waals surface area contributed by atoms with Gasteiger partial charge in [0, 0.05) is 16.1 Å². The van der Waals surface area contributed by atoms with Crippen LogP contribution in [0.3, 0.4) is 0 Å². The summed E-state index contributed by atoms with van der Waals surface area (Å²) >= 11 is 3.73. The molecule has 3 aliphatic rings. The van der Waals surface area contributed by atoms with Crippen LogP contribution in [0.15, 0.2) is 53.0 Å². The second-order valence-corrected chi connectivity index (χ2v) is 7.14. The monoisotopic (exact) mass is 369 g/mol. The number of ether oxygens (including phenoxy) is 2. The van der Waals surface area contributed by atoms with Crippen molar-refractivity contribution in [1.82, 2.24) is 0 Å². The van der Waals surface area contributed by atoms with Crippen LogP contribution >= 0.6 is 15.9 Å². The minimum absolute atomic E-state index is 0.258. The van der Waals surface area contributed by atoms with Crippen molar-refractivity contribution in [1.29, 1.82) is 0 Å². The fraction of sp³-hybridized carbons (Fsp3) is 0.263. The summed E-state index contributed by atoms with van der Waals surface area (Å²) in [6, 6.07) is 13.0. The summed E-state index contributed by atoms with van der Waals surface area (Å²) in [5.74, 6) is 2.67. The highest BCUT2D eigenvalue weighted by Gasteiger charge is 2.38. The van der Waals surface area contributed by atoms with Gasteiger partial charge in [-0.25, -0.2) is 0 Å². The average Bonchev–Trinajstić information content (AvgIpc) is 3.22. The summed E-state index contributed by atoms with van der Waals surface area (Å²) in [6.45, 7) is 0.305. The molecule has 0 aromatic heterocycles. The SMILES string of the molecule is Brc1cc2c(cc1[C@H]1Nc3ccccc3[C@@H]3C=CC[C@H]13)OCO2. The summed E-state index contributed by atoms with van der Waals surface area (Å²) in [5, 5.41) is 3.75. The highest BCUT2D eigenvalue weighted by atomic mass is 79.9. The summed E-state index contributed by atoms with van der Waals surface area (Å²) in [4.78, 5) is 0. The van der Waals surface area contributed by atoms with Gasteiger partial charge in [-0.05, 0) is 41.7 Å². The van der Waals surface area contributed by atoms with Gasteiger partial charge in [-0.2, -0.15) is 0 Å². The average molecular weight is 370 g/mol. The third-order valence-electron chi connectivity index (χ3n) is 5.10. The van der Waals surface area contributed by atoms with Gasteiger partial charge in [0.1, 0.15) is 0 Å². The van der Waals surface area contributed by atoms with Crippen LogP contribution in [0.2, 0.25) is 0 Å². The van der Waals surface area contributed by atoms with Crippen molar-refractivity contribution in [2.75, 3.05) is 12.1 Å². The molecule has 0 spiro atoms. The number of nitrogens with one attached hydrogen (secondary N) is 1. The van der Waals surface area contributed by atoms with Gasteiger partial charge in [0.2, 0.25) is 6.79 Å². The number of para-hydroxylation sites is 1. The van der Waals surface area contributed by atoms with Gasteiger partial charge in [-0.1, -0.05) is 46.3 Å². The van der Waals surface area contributed by atoms with Gasteiger partial charge in [0.05, 0.1) is 6.04 Å². The molecule has 0 saturated carbocycles. The van der Waals surface area contributed by atoms with Crippen molar-refractivity contribution in [3.63, 3.8) is 0 Å². The molecule has 2 aromatic carbocycles. The van der Waals surface area contributed by atoms with E-state index in [4.69, 9.17) is 9.47 Å². The molecule has 116 valence electrons. The first-order chi connectivity index (χ1) is 11.3.